The van der Waals surface area contributed by atoms with Crippen LogP contribution in [0.1, 0.15) is 15.9 Å². The van der Waals surface area contributed by atoms with Gasteiger partial charge in [-0.25, -0.2) is 8.78 Å². The van der Waals surface area contributed by atoms with Crippen LogP contribution in [-0.2, 0) is 0 Å². The van der Waals surface area contributed by atoms with E-state index in [1.54, 1.807) is 18.2 Å². The van der Waals surface area contributed by atoms with Crippen molar-refractivity contribution in [1.29, 1.82) is 0 Å². The molecule has 17 heavy (non-hydrogen) atoms. The van der Waals surface area contributed by atoms with E-state index >= 15 is 0 Å². The molecule has 0 spiro atoms. The molecule has 0 atom stereocenters. The van der Waals surface area contributed by atoms with E-state index in [1.807, 2.05) is 6.07 Å². The van der Waals surface area contributed by atoms with Crippen LogP contribution in [0.5, 0.6) is 0 Å². The van der Waals surface area contributed by atoms with Crippen molar-refractivity contribution in [3.8, 4) is 0 Å². The monoisotopic (exact) mass is 344 g/mol. The summed E-state index contributed by atoms with van der Waals surface area (Å²) in [4.78, 5) is 12.0. The highest BCUT2D eigenvalue weighted by Crippen LogP contribution is 2.15. The summed E-state index contributed by atoms with van der Waals surface area (Å²) in [6, 6.07) is 9.66. The molecule has 0 radical (unpaired) electrons. The highest BCUT2D eigenvalue weighted by Gasteiger charge is 2.11. The molecular formula is C13H7F2IO. The third-order valence-corrected chi connectivity index (χ3v) is 2.88. The first-order valence-electron chi connectivity index (χ1n) is 4.82. The molecule has 0 fully saturated rings. The largest absolute Gasteiger partial charge is 0.289 e. The van der Waals surface area contributed by atoms with Crippen LogP contribution >= 0.6 is 22.6 Å². The summed E-state index contributed by atoms with van der Waals surface area (Å²) in [5.74, 6) is -1.89. The van der Waals surface area contributed by atoms with Crippen molar-refractivity contribution >= 4 is 28.4 Å². The molecule has 0 aliphatic heterocycles. The molecule has 0 saturated heterocycles. The molecule has 0 amide bonds. The highest BCUT2D eigenvalue weighted by atomic mass is 127. The second-order valence-electron chi connectivity index (χ2n) is 3.50. The maximum absolute atomic E-state index is 13.0. The Bertz CT molecular complexity index is 561. The van der Waals surface area contributed by atoms with Crippen LogP contribution in [0.4, 0.5) is 8.78 Å². The fourth-order valence-electron chi connectivity index (χ4n) is 1.48. The van der Waals surface area contributed by atoms with Crippen LogP contribution in [-0.4, -0.2) is 5.78 Å². The van der Waals surface area contributed by atoms with Gasteiger partial charge in [-0.15, -0.1) is 0 Å². The quantitative estimate of drug-likeness (QED) is 0.598. The summed E-state index contributed by atoms with van der Waals surface area (Å²) in [5.41, 5.74) is 0.436. The molecule has 86 valence electrons. The Labute approximate surface area is 111 Å². The van der Waals surface area contributed by atoms with Gasteiger partial charge in [-0.1, -0.05) is 12.1 Å². The Hall–Kier alpha value is -1.30. The van der Waals surface area contributed by atoms with E-state index in [-0.39, 0.29) is 11.3 Å². The molecule has 0 aliphatic carbocycles. The number of carbonyl (C=O) groups excluding carboxylic acids is 1. The van der Waals surface area contributed by atoms with E-state index in [0.717, 1.165) is 21.8 Å². The Morgan fingerprint density at radius 1 is 0.941 bits per heavy atom. The minimum absolute atomic E-state index is 0.0181. The maximum Gasteiger partial charge on any atom is 0.193 e. The number of rotatable bonds is 2. The average Bonchev–Trinajstić information content (AvgIpc) is 2.26. The van der Waals surface area contributed by atoms with Crippen molar-refractivity contribution < 1.29 is 13.6 Å². The molecule has 2 aromatic carbocycles. The van der Waals surface area contributed by atoms with Gasteiger partial charge in [-0.3, -0.25) is 4.79 Å². The van der Waals surface area contributed by atoms with Gasteiger partial charge < -0.3 is 0 Å². The van der Waals surface area contributed by atoms with Gasteiger partial charge in [0.25, 0.3) is 0 Å². The Morgan fingerprint density at radius 2 is 1.59 bits per heavy atom. The zero-order valence-electron chi connectivity index (χ0n) is 8.58. The molecule has 0 saturated carbocycles. The van der Waals surface area contributed by atoms with Gasteiger partial charge in [0, 0.05) is 20.8 Å². The van der Waals surface area contributed by atoms with Gasteiger partial charge in [-0.2, -0.15) is 0 Å². The maximum atomic E-state index is 13.0. The molecule has 0 heterocycles. The van der Waals surface area contributed by atoms with Crippen molar-refractivity contribution in [3.63, 3.8) is 0 Å². The molecule has 0 aliphatic rings. The van der Waals surface area contributed by atoms with Gasteiger partial charge in [0.1, 0.15) is 11.6 Å². The molecule has 2 aromatic rings. The molecule has 1 nitrogen and oxygen atoms in total. The highest BCUT2D eigenvalue weighted by molar-refractivity contribution is 14.1. The van der Waals surface area contributed by atoms with Crippen molar-refractivity contribution in [2.24, 2.45) is 0 Å². The first-order valence-corrected chi connectivity index (χ1v) is 5.90. The molecule has 4 heteroatoms. The van der Waals surface area contributed by atoms with Crippen molar-refractivity contribution in [3.05, 3.63) is 68.8 Å². The Balaban J connectivity index is 2.43. The smallest absolute Gasteiger partial charge is 0.193 e. The van der Waals surface area contributed by atoms with E-state index in [0.29, 0.717) is 5.56 Å². The second kappa shape index (κ2) is 4.91. The summed E-state index contributed by atoms with van der Waals surface area (Å²) >= 11 is 2.07. The first-order chi connectivity index (χ1) is 8.06. The topological polar surface area (TPSA) is 17.1 Å². The van der Waals surface area contributed by atoms with E-state index in [9.17, 15) is 13.6 Å². The third-order valence-electron chi connectivity index (χ3n) is 2.21. The standard InChI is InChI=1S/C13H7F2IO/c14-10-4-9(5-11(15)7-10)13(17)8-2-1-3-12(16)6-8/h1-7H. The normalized spacial score (nSPS) is 10.3. The lowest BCUT2D eigenvalue weighted by Crippen LogP contribution is -2.02. The number of carbonyl (C=O) groups is 1. The lowest BCUT2D eigenvalue weighted by atomic mass is 10.0. The predicted molar refractivity (Wildman–Crippen MR) is 68.9 cm³/mol. The van der Waals surface area contributed by atoms with Crippen LogP contribution in [0.2, 0.25) is 0 Å². The van der Waals surface area contributed by atoms with Gasteiger partial charge in [0.15, 0.2) is 5.78 Å². The van der Waals surface area contributed by atoms with Crippen molar-refractivity contribution in [2.45, 2.75) is 0 Å². The third kappa shape index (κ3) is 2.88. The molecule has 0 bridgehead atoms. The molecule has 0 unspecified atom stereocenters. The minimum atomic E-state index is -0.751. The lowest BCUT2D eigenvalue weighted by molar-refractivity contribution is 0.103. The molecular weight excluding hydrogens is 337 g/mol. The number of halogens is 3. The Morgan fingerprint density at radius 3 is 2.18 bits per heavy atom. The predicted octanol–water partition coefficient (Wildman–Crippen LogP) is 3.80. The zero-order chi connectivity index (χ0) is 12.4. The van der Waals surface area contributed by atoms with Crippen LogP contribution in [0.15, 0.2) is 42.5 Å². The summed E-state index contributed by atoms with van der Waals surface area (Å²) in [7, 11) is 0. The number of benzene rings is 2. The van der Waals surface area contributed by atoms with Gasteiger partial charge in [0.2, 0.25) is 0 Å². The summed E-state index contributed by atoms with van der Waals surface area (Å²) < 4.78 is 26.9. The van der Waals surface area contributed by atoms with E-state index < -0.39 is 11.6 Å². The van der Waals surface area contributed by atoms with Crippen molar-refractivity contribution in [1.82, 2.24) is 0 Å². The average molecular weight is 344 g/mol. The number of hydrogen-bond donors (Lipinski definition) is 0. The van der Waals surface area contributed by atoms with Crippen molar-refractivity contribution in [2.75, 3.05) is 0 Å². The Kier molecular flexibility index (Phi) is 3.51. The summed E-state index contributed by atoms with van der Waals surface area (Å²) in [6.07, 6.45) is 0. The van der Waals surface area contributed by atoms with E-state index in [2.05, 4.69) is 22.6 Å². The SMILES string of the molecule is O=C(c1cc(F)cc(F)c1)c1cccc(I)c1. The fourth-order valence-corrected chi connectivity index (χ4v) is 2.02. The second-order valence-corrected chi connectivity index (χ2v) is 4.74. The number of hydrogen-bond acceptors (Lipinski definition) is 1. The molecule has 2 rings (SSSR count). The fraction of sp³-hybridized carbons (Fsp3) is 0. The van der Waals surface area contributed by atoms with E-state index in [4.69, 9.17) is 0 Å². The van der Waals surface area contributed by atoms with Crippen LogP contribution in [0.25, 0.3) is 0 Å². The molecule has 0 aromatic heterocycles. The summed E-state index contributed by atoms with van der Waals surface area (Å²) in [5, 5.41) is 0. The molecule has 0 N–H and O–H groups in total. The van der Waals surface area contributed by atoms with Crippen LogP contribution in [0.3, 0.4) is 0 Å². The zero-order valence-corrected chi connectivity index (χ0v) is 10.7. The first kappa shape index (κ1) is 12.2. The van der Waals surface area contributed by atoms with Crippen LogP contribution < -0.4 is 0 Å². The number of ketones is 1. The van der Waals surface area contributed by atoms with Gasteiger partial charge in [-0.05, 0) is 46.9 Å². The van der Waals surface area contributed by atoms with Gasteiger partial charge >= 0.3 is 0 Å². The van der Waals surface area contributed by atoms with Gasteiger partial charge in [0.05, 0.1) is 0 Å². The lowest BCUT2D eigenvalue weighted by Gasteiger charge is -2.02. The van der Waals surface area contributed by atoms with Crippen LogP contribution in [0, 0.1) is 15.2 Å². The summed E-state index contributed by atoms with van der Waals surface area (Å²) in [6.45, 7) is 0. The minimum Gasteiger partial charge on any atom is -0.289 e. The van der Waals surface area contributed by atoms with E-state index in [1.165, 1.54) is 0 Å².